The number of anilines is 2. The van der Waals surface area contributed by atoms with Gasteiger partial charge in [0.05, 0.1) is 9.92 Å². The summed E-state index contributed by atoms with van der Waals surface area (Å²) in [6, 6.07) is 9.03. The summed E-state index contributed by atoms with van der Waals surface area (Å²) in [4.78, 5) is 3.98. The van der Waals surface area contributed by atoms with Crippen molar-refractivity contribution in [3.63, 3.8) is 0 Å². The van der Waals surface area contributed by atoms with Gasteiger partial charge in [0, 0.05) is 11.9 Å². The molecule has 0 amide bonds. The molecule has 0 spiro atoms. The van der Waals surface area contributed by atoms with Gasteiger partial charge >= 0.3 is 0 Å². The maximum absolute atomic E-state index is 12.1. The molecule has 0 aliphatic rings. The van der Waals surface area contributed by atoms with Gasteiger partial charge < -0.3 is 5.43 Å². The van der Waals surface area contributed by atoms with Crippen LogP contribution in [-0.4, -0.2) is 13.4 Å². The Hall–Kier alpha value is -1.83. The van der Waals surface area contributed by atoms with Crippen LogP contribution in [0.4, 0.5) is 11.5 Å². The van der Waals surface area contributed by atoms with E-state index in [2.05, 4.69) is 15.1 Å². The van der Waals surface area contributed by atoms with E-state index in [-0.39, 0.29) is 10.7 Å². The van der Waals surface area contributed by atoms with Gasteiger partial charge in [0.15, 0.2) is 0 Å². The van der Waals surface area contributed by atoms with E-state index < -0.39 is 10.0 Å². The van der Waals surface area contributed by atoms with Crippen LogP contribution in [0, 0.1) is 0 Å². The predicted octanol–water partition coefficient (Wildman–Crippen LogP) is 1.82. The normalized spacial score (nSPS) is 11.1. The van der Waals surface area contributed by atoms with Gasteiger partial charge in [-0.3, -0.25) is 10.6 Å². The lowest BCUT2D eigenvalue weighted by atomic mass is 10.3. The molecule has 1 heterocycles. The molecule has 2 rings (SSSR count). The highest BCUT2D eigenvalue weighted by molar-refractivity contribution is 7.92. The standard InChI is InChI=1S/C11H11ClN4O2S/c12-8-1-6-11(14-7-8)16-19(17,18)10-4-2-9(15-13)3-5-10/h1-7,15H,13H2,(H,14,16). The quantitative estimate of drug-likeness (QED) is 0.591. The van der Waals surface area contributed by atoms with E-state index in [0.717, 1.165) is 0 Å². The second kappa shape index (κ2) is 5.43. The molecule has 2 aromatic rings. The van der Waals surface area contributed by atoms with Gasteiger partial charge in [0.1, 0.15) is 5.82 Å². The van der Waals surface area contributed by atoms with Crippen LogP contribution in [-0.2, 0) is 10.0 Å². The van der Waals surface area contributed by atoms with Crippen LogP contribution in [0.25, 0.3) is 0 Å². The summed E-state index contributed by atoms with van der Waals surface area (Å²) in [6.45, 7) is 0. The number of nitrogen functional groups attached to an aromatic ring is 1. The third-order valence-corrected chi connectivity index (χ3v) is 3.89. The monoisotopic (exact) mass is 298 g/mol. The summed E-state index contributed by atoms with van der Waals surface area (Å²) in [7, 11) is -3.68. The summed E-state index contributed by atoms with van der Waals surface area (Å²) < 4.78 is 26.5. The molecular formula is C11H11ClN4O2S. The van der Waals surface area contributed by atoms with E-state index in [1.165, 1.54) is 24.4 Å². The second-order valence-corrected chi connectivity index (χ2v) is 5.75. The van der Waals surface area contributed by atoms with Gasteiger partial charge in [-0.25, -0.2) is 13.4 Å². The van der Waals surface area contributed by atoms with E-state index >= 15 is 0 Å². The van der Waals surface area contributed by atoms with Crippen LogP contribution < -0.4 is 16.0 Å². The molecule has 0 atom stereocenters. The van der Waals surface area contributed by atoms with Crippen molar-refractivity contribution in [2.45, 2.75) is 4.90 Å². The Bertz CT molecular complexity index is 656. The van der Waals surface area contributed by atoms with Gasteiger partial charge in [-0.15, -0.1) is 0 Å². The zero-order valence-corrected chi connectivity index (χ0v) is 11.2. The van der Waals surface area contributed by atoms with Crippen molar-refractivity contribution in [3.05, 3.63) is 47.6 Å². The maximum atomic E-state index is 12.1. The number of aromatic nitrogens is 1. The molecule has 8 heteroatoms. The average Bonchev–Trinajstić information content (AvgIpc) is 2.41. The lowest BCUT2D eigenvalue weighted by Gasteiger charge is -2.08. The van der Waals surface area contributed by atoms with Crippen LogP contribution in [0.5, 0.6) is 0 Å². The Kier molecular flexibility index (Phi) is 3.89. The zero-order valence-electron chi connectivity index (χ0n) is 9.67. The molecular weight excluding hydrogens is 288 g/mol. The number of halogens is 1. The first-order valence-corrected chi connectivity index (χ1v) is 7.08. The first-order chi connectivity index (χ1) is 9.01. The molecule has 0 saturated carbocycles. The highest BCUT2D eigenvalue weighted by Gasteiger charge is 2.14. The molecule has 0 radical (unpaired) electrons. The fraction of sp³-hybridized carbons (Fsp3) is 0. The van der Waals surface area contributed by atoms with Crippen molar-refractivity contribution in [2.24, 2.45) is 5.84 Å². The Balaban J connectivity index is 2.24. The van der Waals surface area contributed by atoms with Gasteiger partial charge in [0.2, 0.25) is 0 Å². The number of nitrogens with zero attached hydrogens (tertiary/aromatic N) is 1. The molecule has 1 aromatic heterocycles. The van der Waals surface area contributed by atoms with E-state index in [4.69, 9.17) is 17.4 Å². The summed E-state index contributed by atoms with van der Waals surface area (Å²) in [5.41, 5.74) is 3.03. The van der Waals surface area contributed by atoms with Crippen molar-refractivity contribution in [3.8, 4) is 0 Å². The minimum atomic E-state index is -3.68. The lowest BCUT2D eigenvalue weighted by Crippen LogP contribution is -2.14. The van der Waals surface area contributed by atoms with Crippen LogP contribution >= 0.6 is 11.6 Å². The summed E-state index contributed by atoms with van der Waals surface area (Å²) in [5.74, 6) is 5.41. The predicted molar refractivity (Wildman–Crippen MR) is 74.3 cm³/mol. The number of benzene rings is 1. The summed E-state index contributed by atoms with van der Waals surface area (Å²) in [5, 5.41) is 0.432. The molecule has 0 bridgehead atoms. The minimum Gasteiger partial charge on any atom is -0.324 e. The Morgan fingerprint density at radius 2 is 1.79 bits per heavy atom. The number of rotatable bonds is 4. The highest BCUT2D eigenvalue weighted by atomic mass is 35.5. The number of nitrogens with one attached hydrogen (secondary N) is 2. The smallest absolute Gasteiger partial charge is 0.263 e. The maximum Gasteiger partial charge on any atom is 0.263 e. The van der Waals surface area contributed by atoms with Crippen LogP contribution in [0.2, 0.25) is 5.02 Å². The average molecular weight is 299 g/mol. The summed E-state index contributed by atoms with van der Waals surface area (Å²) >= 11 is 5.67. The SMILES string of the molecule is NNc1ccc(S(=O)(=O)Nc2ccc(Cl)cn2)cc1. The van der Waals surface area contributed by atoms with Gasteiger partial charge in [-0.05, 0) is 36.4 Å². The van der Waals surface area contributed by atoms with Gasteiger partial charge in [-0.2, -0.15) is 0 Å². The lowest BCUT2D eigenvalue weighted by molar-refractivity contribution is 0.601. The van der Waals surface area contributed by atoms with E-state index in [9.17, 15) is 8.42 Å². The molecule has 0 unspecified atom stereocenters. The van der Waals surface area contributed by atoms with Crippen molar-refractivity contribution in [2.75, 3.05) is 10.1 Å². The minimum absolute atomic E-state index is 0.114. The molecule has 0 fully saturated rings. The van der Waals surface area contributed by atoms with Crippen LogP contribution in [0.1, 0.15) is 0 Å². The number of hydrazine groups is 1. The van der Waals surface area contributed by atoms with Crippen molar-refractivity contribution in [1.29, 1.82) is 0 Å². The zero-order chi connectivity index (χ0) is 13.9. The topological polar surface area (TPSA) is 97.1 Å². The number of hydrogen-bond acceptors (Lipinski definition) is 5. The van der Waals surface area contributed by atoms with Crippen molar-refractivity contribution < 1.29 is 8.42 Å². The van der Waals surface area contributed by atoms with Crippen molar-refractivity contribution >= 4 is 33.1 Å². The van der Waals surface area contributed by atoms with E-state index in [0.29, 0.717) is 10.7 Å². The number of hydrogen-bond donors (Lipinski definition) is 3. The molecule has 0 saturated heterocycles. The largest absolute Gasteiger partial charge is 0.324 e. The fourth-order valence-electron chi connectivity index (χ4n) is 1.36. The molecule has 100 valence electrons. The van der Waals surface area contributed by atoms with Gasteiger partial charge in [0.25, 0.3) is 10.0 Å². The third-order valence-electron chi connectivity index (χ3n) is 2.30. The molecule has 0 aliphatic heterocycles. The first-order valence-electron chi connectivity index (χ1n) is 5.22. The highest BCUT2D eigenvalue weighted by Crippen LogP contribution is 2.17. The van der Waals surface area contributed by atoms with E-state index in [1.54, 1.807) is 18.2 Å². The summed E-state index contributed by atoms with van der Waals surface area (Å²) in [6.07, 6.45) is 1.36. The molecule has 1 aromatic carbocycles. The molecule has 4 N–H and O–H groups in total. The Labute approximate surface area is 115 Å². The molecule has 6 nitrogen and oxygen atoms in total. The molecule has 0 aliphatic carbocycles. The van der Waals surface area contributed by atoms with Crippen LogP contribution in [0.3, 0.4) is 0 Å². The second-order valence-electron chi connectivity index (χ2n) is 3.64. The fourth-order valence-corrected chi connectivity index (χ4v) is 2.48. The third kappa shape index (κ3) is 3.34. The number of sulfonamides is 1. The number of nitrogens with two attached hydrogens (primary N) is 1. The van der Waals surface area contributed by atoms with Crippen molar-refractivity contribution in [1.82, 2.24) is 4.98 Å². The first kappa shape index (κ1) is 13.6. The number of pyridine rings is 1. The Morgan fingerprint density at radius 1 is 1.11 bits per heavy atom. The van der Waals surface area contributed by atoms with E-state index in [1.807, 2.05) is 0 Å². The molecule has 19 heavy (non-hydrogen) atoms. The Morgan fingerprint density at radius 3 is 2.32 bits per heavy atom. The van der Waals surface area contributed by atoms with Gasteiger partial charge in [-0.1, -0.05) is 11.6 Å². The van der Waals surface area contributed by atoms with Crippen LogP contribution in [0.15, 0.2) is 47.5 Å².